The molecule has 0 saturated carbocycles. The van der Waals surface area contributed by atoms with Crippen molar-refractivity contribution in [2.45, 2.75) is 315 Å². The van der Waals surface area contributed by atoms with Crippen molar-refractivity contribution in [1.29, 1.82) is 0 Å². The summed E-state index contributed by atoms with van der Waals surface area (Å²) in [6, 6.07) is 14.7. The third kappa shape index (κ3) is 36.8. The monoisotopic (exact) mass is 1520 g/mol. The van der Waals surface area contributed by atoms with Crippen LogP contribution in [0.15, 0.2) is 48.5 Å². The molecule has 0 spiro atoms. The summed E-state index contributed by atoms with van der Waals surface area (Å²) < 4.78 is 72.1. The van der Waals surface area contributed by atoms with E-state index in [4.69, 9.17) is 56.8 Å². The number of hydrogen-bond acceptors (Lipinski definition) is 20. The summed E-state index contributed by atoms with van der Waals surface area (Å²) >= 11 is 0. The van der Waals surface area contributed by atoms with Crippen molar-refractivity contribution in [2.24, 2.45) is 0 Å². The first-order valence-corrected chi connectivity index (χ1v) is 39.5. The molecule has 4 aromatic carbocycles. The van der Waals surface area contributed by atoms with Crippen LogP contribution in [-0.4, -0.2) is 79.3 Å². The van der Waals surface area contributed by atoms with E-state index in [0.717, 1.165) is 154 Å². The summed E-state index contributed by atoms with van der Waals surface area (Å²) in [6.07, 6.45) is 23.8. The Hall–Kier alpha value is -5.13. The Morgan fingerprint density at radius 2 is 0.324 bits per heavy atom. The van der Waals surface area contributed by atoms with Crippen LogP contribution in [-0.2, 0) is 63.7 Å². The fraction of sp³-hybridized carbons (Fsp3) is 0.714. The van der Waals surface area contributed by atoms with Crippen LogP contribution >= 0.6 is 0 Å². The van der Waals surface area contributed by atoms with Crippen molar-refractivity contribution in [3.63, 3.8) is 0 Å². The van der Waals surface area contributed by atoms with Gasteiger partial charge in [0.2, 0.25) is 23.0 Å². The van der Waals surface area contributed by atoms with E-state index in [9.17, 15) is 21.0 Å². The first kappa shape index (κ1) is 99.9. The molecular formula is C84H140O20Ti. The minimum atomic E-state index is -1.02. The van der Waals surface area contributed by atoms with Crippen LogP contribution in [0.3, 0.4) is 0 Å². The molecule has 0 saturated heterocycles. The van der Waals surface area contributed by atoms with E-state index in [1.54, 1.807) is 55.4 Å². The van der Waals surface area contributed by atoms with Crippen LogP contribution in [0.5, 0.6) is 69.0 Å². The van der Waals surface area contributed by atoms with E-state index < -0.39 is 22.4 Å². The Balaban J connectivity index is 0.00000137. The van der Waals surface area contributed by atoms with Crippen LogP contribution in [0.1, 0.15) is 315 Å². The first-order chi connectivity index (χ1) is 50.0. The molecule has 600 valence electrons. The predicted molar refractivity (Wildman–Crippen MR) is 407 cm³/mol. The maximum atomic E-state index is 11.3. The van der Waals surface area contributed by atoms with Crippen molar-refractivity contribution in [3.8, 4) is 69.0 Å². The molecule has 0 aliphatic rings. The second kappa shape index (κ2) is 58.8. The van der Waals surface area contributed by atoms with E-state index in [0.29, 0.717) is 171 Å². The summed E-state index contributed by atoms with van der Waals surface area (Å²) in [5, 5.41) is 45.1. The topological polar surface area (TPSA) is 240 Å². The fourth-order valence-electron chi connectivity index (χ4n) is 9.68. The van der Waals surface area contributed by atoms with Crippen molar-refractivity contribution in [1.82, 2.24) is 0 Å². The SMILES string of the molecule is CCCCOc1ccc(C(C)(C)O[O-])c(OCCCC)c1OCCCC.CCCCOc1ccc(C(C)(C)O[O-])c(OCCCC)c1OCCCC.CCCCOc1ccc(C(C)(C)O[O-])c(OCCCC)c1OCCCC.CCCCOc1ccc(C(C)(C)O[O-])c(OCCCC)c1OCCCC.[Ti+4]. The molecular weight excluding hydrogens is 1380 g/mol. The zero-order valence-electron chi connectivity index (χ0n) is 68.7. The van der Waals surface area contributed by atoms with E-state index >= 15 is 0 Å². The fourth-order valence-corrected chi connectivity index (χ4v) is 9.68. The van der Waals surface area contributed by atoms with Gasteiger partial charge in [-0.05, 0) is 181 Å². The predicted octanol–water partition coefficient (Wildman–Crippen LogP) is 19.0. The smallest absolute Gasteiger partial charge is 0.723 e. The number of rotatable bonds is 56. The number of ether oxygens (including phenoxy) is 12. The minimum absolute atomic E-state index is 0. The van der Waals surface area contributed by atoms with Crippen LogP contribution in [0, 0.1) is 0 Å². The van der Waals surface area contributed by atoms with Crippen LogP contribution in [0.25, 0.3) is 0 Å². The van der Waals surface area contributed by atoms with Gasteiger partial charge in [0.05, 0.1) is 102 Å². The first-order valence-electron chi connectivity index (χ1n) is 39.5. The molecule has 0 radical (unpaired) electrons. The summed E-state index contributed by atoms with van der Waals surface area (Å²) in [5.41, 5.74) is -1.37. The molecule has 20 nitrogen and oxygen atoms in total. The van der Waals surface area contributed by atoms with Gasteiger partial charge in [-0.25, -0.2) is 0 Å². The summed E-state index contributed by atoms with van der Waals surface area (Å²) in [7, 11) is 0. The second-order valence-corrected chi connectivity index (χ2v) is 27.9. The van der Waals surface area contributed by atoms with Crippen molar-refractivity contribution in [3.05, 3.63) is 70.8 Å². The van der Waals surface area contributed by atoms with E-state index in [2.05, 4.69) is 103 Å². The van der Waals surface area contributed by atoms with Gasteiger partial charge in [0, 0.05) is 22.3 Å². The van der Waals surface area contributed by atoms with Crippen LogP contribution in [0.2, 0.25) is 0 Å². The Morgan fingerprint density at radius 3 is 0.448 bits per heavy atom. The quantitative estimate of drug-likeness (QED) is 0.0173. The molecule has 0 fully saturated rings. The van der Waals surface area contributed by atoms with Gasteiger partial charge in [0.25, 0.3) is 0 Å². The van der Waals surface area contributed by atoms with Gasteiger partial charge in [0.15, 0.2) is 46.0 Å². The Morgan fingerprint density at radius 1 is 0.200 bits per heavy atom. The van der Waals surface area contributed by atoms with E-state index in [1.807, 2.05) is 48.5 Å². The second-order valence-electron chi connectivity index (χ2n) is 27.9. The Labute approximate surface area is 649 Å². The molecule has 0 atom stereocenters. The van der Waals surface area contributed by atoms with Crippen LogP contribution in [0.4, 0.5) is 0 Å². The molecule has 0 aliphatic heterocycles. The van der Waals surface area contributed by atoms with Crippen LogP contribution < -0.4 is 77.9 Å². The van der Waals surface area contributed by atoms with E-state index in [1.165, 1.54) is 0 Å². The Bertz CT molecular complexity index is 2440. The summed E-state index contributed by atoms with van der Waals surface area (Å²) in [4.78, 5) is 17.9. The van der Waals surface area contributed by atoms with Crippen molar-refractivity contribution >= 4 is 0 Å². The maximum absolute atomic E-state index is 11.3. The molecule has 0 aromatic heterocycles. The molecule has 21 heteroatoms. The molecule has 4 rings (SSSR count). The molecule has 105 heavy (non-hydrogen) atoms. The zero-order chi connectivity index (χ0) is 77.7. The van der Waals surface area contributed by atoms with E-state index in [-0.39, 0.29) is 21.7 Å². The van der Waals surface area contributed by atoms with Gasteiger partial charge in [0.1, 0.15) is 0 Å². The van der Waals surface area contributed by atoms with Crippen molar-refractivity contribution in [2.75, 3.05) is 79.3 Å². The number of unbranched alkanes of at least 4 members (excludes halogenated alkanes) is 12. The maximum Gasteiger partial charge on any atom is 4.00 e. The minimum Gasteiger partial charge on any atom is -0.723 e. The van der Waals surface area contributed by atoms with Gasteiger partial charge >= 0.3 is 21.7 Å². The van der Waals surface area contributed by atoms with Gasteiger partial charge in [-0.15, -0.1) is 0 Å². The normalized spacial score (nSPS) is 11.4. The molecule has 4 aromatic rings. The third-order valence-corrected chi connectivity index (χ3v) is 16.7. The molecule has 0 aliphatic carbocycles. The molecule has 0 bridgehead atoms. The largest absolute Gasteiger partial charge is 4.00 e. The zero-order valence-corrected chi connectivity index (χ0v) is 70.3. The molecule has 0 unspecified atom stereocenters. The standard InChI is InChI=1S/4C21H36O5.Ti/c4*1-6-9-14-23-18-13-12-17(21(4,5)26-22)19(24-15-10-7-2)20(18)25-16-11-8-3;/h4*12-13,22H,6-11,14-16H2,1-5H3;/q;;;;+4/p-4. The summed E-state index contributed by atoms with van der Waals surface area (Å²) in [5.74, 6) is 7.18. The average molecular weight is 1520 g/mol. The molecule has 0 N–H and O–H groups in total. The van der Waals surface area contributed by atoms with Crippen molar-refractivity contribution < 1.29 is 119 Å². The molecule has 0 heterocycles. The van der Waals surface area contributed by atoms with Gasteiger partial charge in [-0.2, -0.15) is 0 Å². The average Bonchev–Trinajstić information content (AvgIpc) is 0.814. The molecule has 0 amide bonds. The van der Waals surface area contributed by atoms with Gasteiger partial charge in [-0.1, -0.05) is 160 Å². The third-order valence-electron chi connectivity index (χ3n) is 16.7. The van der Waals surface area contributed by atoms with Gasteiger partial charge in [-0.3, -0.25) is 0 Å². The Kier molecular flexibility index (Phi) is 56.0. The summed E-state index contributed by atoms with van der Waals surface area (Å²) in [6.45, 7) is 46.3. The number of benzene rings is 4. The van der Waals surface area contributed by atoms with Gasteiger partial charge < -0.3 is 97.4 Å². The number of hydrogen-bond donors (Lipinski definition) is 0.